The number of hydrogen-bond donors (Lipinski definition) is 2. The largest absolute Gasteiger partial charge is 0.462 e. The number of carbonyl (C=O) groups excluding carboxylic acids is 2. The van der Waals surface area contributed by atoms with Crippen molar-refractivity contribution in [3.8, 4) is 0 Å². The Morgan fingerprint density at radius 3 is 2.76 bits per heavy atom. The first-order valence-electron chi connectivity index (χ1n) is 10.00. The number of primary amides is 1. The predicted octanol–water partition coefficient (Wildman–Crippen LogP) is 2.39. The summed E-state index contributed by atoms with van der Waals surface area (Å²) in [5, 5.41) is 13.6. The topological polar surface area (TPSA) is 150 Å². The molecule has 3 N–H and O–H groups in total. The molecule has 5 atom stereocenters. The van der Waals surface area contributed by atoms with Gasteiger partial charge in [0.05, 0.1) is 23.5 Å². The lowest BCUT2D eigenvalue weighted by Crippen LogP contribution is -2.47. The van der Waals surface area contributed by atoms with E-state index in [2.05, 4.69) is 15.3 Å². The second-order valence-corrected chi connectivity index (χ2v) is 8.41. The number of esters is 1. The average Bonchev–Trinajstić information content (AvgIpc) is 3.30. The van der Waals surface area contributed by atoms with Gasteiger partial charge in [-0.2, -0.15) is 4.98 Å². The van der Waals surface area contributed by atoms with Crippen LogP contribution in [-0.4, -0.2) is 38.9 Å². The molecule has 2 aliphatic rings. The van der Waals surface area contributed by atoms with E-state index in [1.807, 2.05) is 0 Å². The van der Waals surface area contributed by atoms with E-state index in [1.54, 1.807) is 0 Å². The number of nitrogens with one attached hydrogen (secondary N) is 1. The van der Waals surface area contributed by atoms with Gasteiger partial charge < -0.3 is 15.8 Å². The van der Waals surface area contributed by atoms with Gasteiger partial charge in [0.1, 0.15) is 11.9 Å². The maximum Gasteiger partial charge on any atom is 0.310 e. The highest BCUT2D eigenvalue weighted by atomic mass is 35.5. The van der Waals surface area contributed by atoms with Crippen molar-refractivity contribution < 1.29 is 28.0 Å². The van der Waals surface area contributed by atoms with Crippen LogP contribution in [0, 0.1) is 39.5 Å². The fraction of sp³-hybridized carbons (Fsp3) is 0.400. The molecule has 2 fully saturated rings. The van der Waals surface area contributed by atoms with E-state index in [1.165, 1.54) is 0 Å². The van der Waals surface area contributed by atoms with Gasteiger partial charge in [-0.1, -0.05) is 0 Å². The lowest BCUT2D eigenvalue weighted by Gasteiger charge is -2.34. The lowest BCUT2D eigenvalue weighted by molar-refractivity contribution is -0.385. The molecular weight excluding hydrogens is 464 g/mol. The van der Waals surface area contributed by atoms with E-state index >= 15 is 0 Å². The first kappa shape index (κ1) is 22.8. The van der Waals surface area contributed by atoms with Gasteiger partial charge in [0.15, 0.2) is 11.6 Å². The zero-order valence-corrected chi connectivity index (χ0v) is 17.7. The number of nitrogens with zero attached hydrogens (tertiary/aromatic N) is 3. The fourth-order valence-corrected chi connectivity index (χ4v) is 4.96. The number of nitro groups is 1. The number of non-ortho nitro benzene ring substituents is 1. The van der Waals surface area contributed by atoms with Crippen molar-refractivity contribution >= 4 is 35.0 Å². The molecule has 4 rings (SSSR count). The second-order valence-electron chi connectivity index (χ2n) is 8.07. The highest BCUT2D eigenvalue weighted by molar-refractivity contribution is 6.28. The smallest absolute Gasteiger partial charge is 0.310 e. The van der Waals surface area contributed by atoms with Crippen LogP contribution in [0.2, 0.25) is 5.28 Å². The van der Waals surface area contributed by atoms with Crippen LogP contribution >= 0.6 is 11.6 Å². The second kappa shape index (κ2) is 8.85. The van der Waals surface area contributed by atoms with E-state index in [4.69, 9.17) is 22.1 Å². The molecular formula is C20H18ClF2N5O5. The molecule has 174 valence electrons. The maximum atomic E-state index is 14.1. The normalized spacial score (nSPS) is 25.6. The maximum absolute atomic E-state index is 14.1. The third kappa shape index (κ3) is 4.56. The van der Waals surface area contributed by atoms with Gasteiger partial charge >= 0.3 is 5.97 Å². The minimum Gasteiger partial charge on any atom is -0.462 e. The molecule has 1 amide bonds. The van der Waals surface area contributed by atoms with Crippen molar-refractivity contribution in [2.45, 2.75) is 31.4 Å². The number of rotatable bonds is 7. The summed E-state index contributed by atoms with van der Waals surface area (Å²) in [4.78, 5) is 42.1. The van der Waals surface area contributed by atoms with Gasteiger partial charge in [0.25, 0.3) is 5.69 Å². The van der Waals surface area contributed by atoms with Crippen molar-refractivity contribution in [2.75, 3.05) is 5.32 Å². The van der Waals surface area contributed by atoms with E-state index in [0.29, 0.717) is 12.8 Å². The molecule has 0 saturated heterocycles. The lowest BCUT2D eigenvalue weighted by atomic mass is 9.82. The molecule has 0 aliphatic heterocycles. The molecule has 33 heavy (non-hydrogen) atoms. The summed E-state index contributed by atoms with van der Waals surface area (Å²) in [6, 6.07) is 2.22. The van der Waals surface area contributed by atoms with Gasteiger partial charge in [-0.25, -0.2) is 13.8 Å². The standard InChI is InChI=1S/C20H18ClF2N5O5/c21-20-25-7-13(23)19(27-20)26-17-11-4-9(16(17)18(24)30)5-14(11)33-15(29)6-8-3-10(28(31)32)1-2-12(8)22/h1-3,7,9,11,14,16-17H,4-6H2,(H2,24,30)(H,25,26,27). The number of benzene rings is 1. The van der Waals surface area contributed by atoms with Crippen molar-refractivity contribution in [1.29, 1.82) is 0 Å². The molecule has 0 radical (unpaired) electrons. The Labute approximate surface area is 190 Å². The first-order valence-corrected chi connectivity index (χ1v) is 10.4. The van der Waals surface area contributed by atoms with Crippen molar-refractivity contribution in [1.82, 2.24) is 9.97 Å². The van der Waals surface area contributed by atoms with Crippen LogP contribution in [0.15, 0.2) is 24.4 Å². The number of nitrogens with two attached hydrogens (primary N) is 1. The van der Waals surface area contributed by atoms with Crippen molar-refractivity contribution in [3.05, 3.63) is 57.0 Å². The highest BCUT2D eigenvalue weighted by Gasteiger charge is 2.56. The van der Waals surface area contributed by atoms with Gasteiger partial charge in [-0.05, 0) is 36.4 Å². The molecule has 0 spiro atoms. The van der Waals surface area contributed by atoms with Crippen LogP contribution in [0.1, 0.15) is 18.4 Å². The molecule has 2 saturated carbocycles. The predicted molar refractivity (Wildman–Crippen MR) is 110 cm³/mol. The van der Waals surface area contributed by atoms with Gasteiger partial charge in [0, 0.05) is 29.7 Å². The zero-order valence-electron chi connectivity index (χ0n) is 16.9. The molecule has 5 unspecified atom stereocenters. The van der Waals surface area contributed by atoms with Crippen LogP contribution in [0.3, 0.4) is 0 Å². The minimum atomic E-state index is -0.780. The highest BCUT2D eigenvalue weighted by Crippen LogP contribution is 2.50. The van der Waals surface area contributed by atoms with Crippen LogP contribution in [0.4, 0.5) is 20.3 Å². The monoisotopic (exact) mass is 481 g/mol. The number of halogens is 3. The van der Waals surface area contributed by atoms with Crippen LogP contribution in [0.5, 0.6) is 0 Å². The SMILES string of the molecule is NC(=O)C1C2CC(OC(=O)Cc3cc([N+](=O)[O-])ccc3F)C(C2)C1Nc1nc(Cl)ncc1F. The van der Waals surface area contributed by atoms with Crippen LogP contribution in [0.25, 0.3) is 0 Å². The van der Waals surface area contributed by atoms with Gasteiger partial charge in [-0.3, -0.25) is 19.7 Å². The Kier molecular flexibility index (Phi) is 6.11. The van der Waals surface area contributed by atoms with Crippen LogP contribution < -0.4 is 11.1 Å². The number of nitro benzene ring substituents is 1. The summed E-state index contributed by atoms with van der Waals surface area (Å²) < 4.78 is 33.7. The molecule has 2 aromatic rings. The van der Waals surface area contributed by atoms with Crippen molar-refractivity contribution in [2.24, 2.45) is 23.5 Å². The Morgan fingerprint density at radius 2 is 2.06 bits per heavy atom. The number of amides is 1. The van der Waals surface area contributed by atoms with E-state index in [0.717, 1.165) is 24.4 Å². The molecule has 2 bridgehead atoms. The van der Waals surface area contributed by atoms with E-state index < -0.39 is 52.9 Å². The summed E-state index contributed by atoms with van der Waals surface area (Å²) in [5.74, 6) is -4.36. The van der Waals surface area contributed by atoms with Crippen LogP contribution in [-0.2, 0) is 20.7 Å². The van der Waals surface area contributed by atoms with Gasteiger partial charge in [-0.15, -0.1) is 0 Å². The number of anilines is 1. The third-order valence-corrected chi connectivity index (χ3v) is 6.33. The molecule has 2 aliphatic carbocycles. The quantitative estimate of drug-likeness (QED) is 0.265. The Hall–Kier alpha value is -3.41. The summed E-state index contributed by atoms with van der Waals surface area (Å²) in [7, 11) is 0. The summed E-state index contributed by atoms with van der Waals surface area (Å²) in [6.07, 6.45) is 0.587. The summed E-state index contributed by atoms with van der Waals surface area (Å²) in [5.41, 5.74) is 5.05. The average molecular weight is 482 g/mol. The molecule has 10 nitrogen and oxygen atoms in total. The third-order valence-electron chi connectivity index (χ3n) is 6.15. The minimum absolute atomic E-state index is 0.167. The summed E-state index contributed by atoms with van der Waals surface area (Å²) >= 11 is 5.74. The molecule has 1 aromatic carbocycles. The Bertz CT molecular complexity index is 1140. The molecule has 1 heterocycles. The number of carbonyl (C=O) groups is 2. The molecule has 1 aromatic heterocycles. The van der Waals surface area contributed by atoms with E-state index in [-0.39, 0.29) is 34.2 Å². The van der Waals surface area contributed by atoms with Gasteiger partial charge in [0.2, 0.25) is 11.2 Å². The van der Waals surface area contributed by atoms with E-state index in [9.17, 15) is 28.5 Å². The van der Waals surface area contributed by atoms with Crippen molar-refractivity contribution in [3.63, 3.8) is 0 Å². The Morgan fingerprint density at radius 1 is 1.30 bits per heavy atom. The number of fused-ring (bicyclic) bond motifs is 2. The number of ether oxygens (including phenoxy) is 1. The summed E-state index contributed by atoms with van der Waals surface area (Å²) in [6.45, 7) is 0. The Balaban J connectivity index is 1.49. The zero-order chi connectivity index (χ0) is 23.9. The fourth-order valence-electron chi connectivity index (χ4n) is 4.82. The molecule has 13 heteroatoms. The number of hydrogen-bond acceptors (Lipinski definition) is 8. The first-order chi connectivity index (χ1) is 15.6. The number of aromatic nitrogens is 2.